The first kappa shape index (κ1) is 13.4. The Kier molecular flexibility index (Phi) is 4.39. The minimum absolute atomic E-state index is 0.0207. The highest BCUT2D eigenvalue weighted by Gasteiger charge is 2.23. The molecule has 0 atom stereocenters. The number of hydrogen-bond donors (Lipinski definition) is 1. The number of carbonyl (C=O) groups is 2. The molecule has 1 aromatic carbocycles. The lowest BCUT2D eigenvalue weighted by molar-refractivity contribution is -0.139. The lowest BCUT2D eigenvalue weighted by Crippen LogP contribution is -2.30. The lowest BCUT2D eigenvalue weighted by atomic mass is 10.1. The van der Waals surface area contributed by atoms with E-state index in [-0.39, 0.29) is 24.9 Å². The van der Waals surface area contributed by atoms with Crippen molar-refractivity contribution in [3.05, 3.63) is 29.8 Å². The standard InChI is InChI=1S/C14H17NO4/c1-18-14(17)8-10-2-6-12(7-3-10)19-9-13(16)15-11-4-5-11/h2-3,6-7,11H,4-5,8-9H2,1H3,(H,15,16). The second-order valence-corrected chi connectivity index (χ2v) is 4.53. The van der Waals surface area contributed by atoms with Crippen molar-refractivity contribution >= 4 is 11.9 Å². The number of ether oxygens (including phenoxy) is 2. The highest BCUT2D eigenvalue weighted by Crippen LogP contribution is 2.18. The van der Waals surface area contributed by atoms with Gasteiger partial charge in [-0.15, -0.1) is 0 Å². The average Bonchev–Trinajstić information content (AvgIpc) is 3.21. The Bertz CT molecular complexity index is 451. The Labute approximate surface area is 111 Å². The predicted octanol–water partition coefficient (Wildman–Crippen LogP) is 1.06. The summed E-state index contributed by atoms with van der Waals surface area (Å²) in [4.78, 5) is 22.5. The molecule has 0 aromatic heterocycles. The van der Waals surface area contributed by atoms with Gasteiger partial charge in [-0.1, -0.05) is 12.1 Å². The van der Waals surface area contributed by atoms with Crippen LogP contribution in [0.15, 0.2) is 24.3 Å². The van der Waals surface area contributed by atoms with Gasteiger partial charge in [0.25, 0.3) is 5.91 Å². The summed E-state index contributed by atoms with van der Waals surface area (Å²) in [6.07, 6.45) is 2.36. The van der Waals surface area contributed by atoms with Gasteiger partial charge in [-0.2, -0.15) is 0 Å². The molecule has 0 aliphatic heterocycles. The van der Waals surface area contributed by atoms with Crippen LogP contribution < -0.4 is 10.1 Å². The molecule has 1 saturated carbocycles. The van der Waals surface area contributed by atoms with Crippen LogP contribution >= 0.6 is 0 Å². The van der Waals surface area contributed by atoms with Gasteiger partial charge in [-0.05, 0) is 30.5 Å². The average molecular weight is 263 g/mol. The molecule has 1 fully saturated rings. The van der Waals surface area contributed by atoms with Crippen LogP contribution in [0.2, 0.25) is 0 Å². The third kappa shape index (κ3) is 4.62. The highest BCUT2D eigenvalue weighted by atomic mass is 16.5. The summed E-state index contributed by atoms with van der Waals surface area (Å²) >= 11 is 0. The Morgan fingerprint density at radius 1 is 1.26 bits per heavy atom. The van der Waals surface area contributed by atoms with E-state index in [1.165, 1.54) is 7.11 Å². The van der Waals surface area contributed by atoms with E-state index in [1.54, 1.807) is 24.3 Å². The fourth-order valence-electron chi connectivity index (χ4n) is 1.59. The van der Waals surface area contributed by atoms with Gasteiger partial charge in [-0.25, -0.2) is 0 Å². The first-order valence-corrected chi connectivity index (χ1v) is 6.25. The number of nitrogens with one attached hydrogen (secondary N) is 1. The molecule has 0 radical (unpaired) electrons. The van der Waals surface area contributed by atoms with E-state index < -0.39 is 0 Å². The van der Waals surface area contributed by atoms with Crippen molar-refractivity contribution in [1.82, 2.24) is 5.32 Å². The monoisotopic (exact) mass is 263 g/mol. The number of hydrogen-bond acceptors (Lipinski definition) is 4. The van der Waals surface area contributed by atoms with Crippen molar-refractivity contribution in [2.45, 2.75) is 25.3 Å². The zero-order chi connectivity index (χ0) is 13.7. The van der Waals surface area contributed by atoms with Crippen LogP contribution in [0.1, 0.15) is 18.4 Å². The van der Waals surface area contributed by atoms with Gasteiger partial charge in [0.2, 0.25) is 0 Å². The zero-order valence-electron chi connectivity index (χ0n) is 10.8. The first-order chi connectivity index (χ1) is 9.17. The van der Waals surface area contributed by atoms with Crippen LogP contribution in [-0.4, -0.2) is 31.6 Å². The molecule has 5 nitrogen and oxygen atoms in total. The maximum Gasteiger partial charge on any atom is 0.309 e. The van der Waals surface area contributed by atoms with Crippen molar-refractivity contribution in [1.29, 1.82) is 0 Å². The number of rotatable bonds is 6. The molecule has 102 valence electrons. The molecular weight excluding hydrogens is 246 g/mol. The number of esters is 1. The summed E-state index contributed by atoms with van der Waals surface area (Å²) in [6.45, 7) is 0.0207. The van der Waals surface area contributed by atoms with Crippen LogP contribution in [0.5, 0.6) is 5.75 Å². The second-order valence-electron chi connectivity index (χ2n) is 4.53. The second kappa shape index (κ2) is 6.22. The zero-order valence-corrected chi connectivity index (χ0v) is 10.8. The Morgan fingerprint density at radius 2 is 1.95 bits per heavy atom. The quantitative estimate of drug-likeness (QED) is 0.779. The number of carbonyl (C=O) groups excluding carboxylic acids is 2. The van der Waals surface area contributed by atoms with Gasteiger partial charge in [-0.3, -0.25) is 9.59 Å². The highest BCUT2D eigenvalue weighted by molar-refractivity contribution is 5.78. The molecule has 0 saturated heterocycles. The van der Waals surface area contributed by atoms with Crippen LogP contribution in [-0.2, 0) is 20.7 Å². The fraction of sp³-hybridized carbons (Fsp3) is 0.429. The molecule has 1 aromatic rings. The molecule has 19 heavy (non-hydrogen) atoms. The molecule has 0 bridgehead atoms. The van der Waals surface area contributed by atoms with Crippen molar-refractivity contribution in [2.75, 3.05) is 13.7 Å². The molecular formula is C14H17NO4. The third-order valence-corrected chi connectivity index (χ3v) is 2.81. The summed E-state index contributed by atoms with van der Waals surface area (Å²) in [5, 5.41) is 2.84. The normalized spacial score (nSPS) is 13.7. The molecule has 1 aliphatic rings. The van der Waals surface area contributed by atoms with Gasteiger partial charge < -0.3 is 14.8 Å². The van der Waals surface area contributed by atoms with Crippen molar-refractivity contribution < 1.29 is 19.1 Å². The SMILES string of the molecule is COC(=O)Cc1ccc(OCC(=O)NC2CC2)cc1. The van der Waals surface area contributed by atoms with Gasteiger partial charge in [0.05, 0.1) is 13.5 Å². The molecule has 5 heteroatoms. The van der Waals surface area contributed by atoms with E-state index in [4.69, 9.17) is 4.74 Å². The van der Waals surface area contributed by atoms with Crippen LogP contribution in [0.25, 0.3) is 0 Å². The third-order valence-electron chi connectivity index (χ3n) is 2.81. The predicted molar refractivity (Wildman–Crippen MR) is 68.8 cm³/mol. The van der Waals surface area contributed by atoms with Crippen LogP contribution in [0.3, 0.4) is 0 Å². The molecule has 2 rings (SSSR count). The van der Waals surface area contributed by atoms with Crippen LogP contribution in [0, 0.1) is 0 Å². The molecule has 1 amide bonds. The number of methoxy groups -OCH3 is 1. The van der Waals surface area contributed by atoms with E-state index >= 15 is 0 Å². The van der Waals surface area contributed by atoms with Gasteiger partial charge in [0, 0.05) is 6.04 Å². The van der Waals surface area contributed by atoms with E-state index in [1.807, 2.05) is 0 Å². The lowest BCUT2D eigenvalue weighted by Gasteiger charge is -2.07. The number of amides is 1. The summed E-state index contributed by atoms with van der Waals surface area (Å²) < 4.78 is 9.94. The summed E-state index contributed by atoms with van der Waals surface area (Å²) in [5.74, 6) is 0.234. The van der Waals surface area contributed by atoms with Gasteiger partial charge >= 0.3 is 5.97 Å². The molecule has 1 N–H and O–H groups in total. The largest absolute Gasteiger partial charge is 0.484 e. The van der Waals surface area contributed by atoms with E-state index in [9.17, 15) is 9.59 Å². The fourth-order valence-corrected chi connectivity index (χ4v) is 1.59. The molecule has 0 heterocycles. The minimum Gasteiger partial charge on any atom is -0.484 e. The summed E-state index contributed by atoms with van der Waals surface area (Å²) in [7, 11) is 1.36. The molecule has 0 unspecified atom stereocenters. The van der Waals surface area contributed by atoms with Crippen molar-refractivity contribution in [2.24, 2.45) is 0 Å². The Hall–Kier alpha value is -2.04. The molecule has 1 aliphatic carbocycles. The summed E-state index contributed by atoms with van der Waals surface area (Å²) in [6, 6.07) is 7.39. The van der Waals surface area contributed by atoms with Crippen molar-refractivity contribution in [3.8, 4) is 5.75 Å². The minimum atomic E-state index is -0.280. The maximum absolute atomic E-state index is 11.4. The first-order valence-electron chi connectivity index (χ1n) is 6.25. The van der Waals surface area contributed by atoms with E-state index in [0.29, 0.717) is 11.8 Å². The maximum atomic E-state index is 11.4. The van der Waals surface area contributed by atoms with Gasteiger partial charge in [0.1, 0.15) is 5.75 Å². The summed E-state index contributed by atoms with van der Waals surface area (Å²) in [5.41, 5.74) is 0.849. The Balaban J connectivity index is 1.77. The molecule has 0 spiro atoms. The Morgan fingerprint density at radius 3 is 2.53 bits per heavy atom. The van der Waals surface area contributed by atoms with Crippen molar-refractivity contribution in [3.63, 3.8) is 0 Å². The smallest absolute Gasteiger partial charge is 0.309 e. The number of benzene rings is 1. The topological polar surface area (TPSA) is 64.6 Å². The van der Waals surface area contributed by atoms with Crippen LogP contribution in [0.4, 0.5) is 0 Å². The van der Waals surface area contributed by atoms with E-state index in [2.05, 4.69) is 10.1 Å². The van der Waals surface area contributed by atoms with Gasteiger partial charge in [0.15, 0.2) is 6.61 Å². The van der Waals surface area contributed by atoms with E-state index in [0.717, 1.165) is 18.4 Å².